The molecule has 0 bridgehead atoms. The van der Waals surface area contributed by atoms with Gasteiger partial charge in [-0.15, -0.1) is 0 Å². The molecule has 17 heavy (non-hydrogen) atoms. The van der Waals surface area contributed by atoms with Crippen LogP contribution in [0.25, 0.3) is 5.57 Å². The van der Waals surface area contributed by atoms with Crippen molar-refractivity contribution in [1.82, 2.24) is 4.90 Å². The van der Waals surface area contributed by atoms with Gasteiger partial charge in [-0.3, -0.25) is 0 Å². The Morgan fingerprint density at radius 3 is 2.53 bits per heavy atom. The molecule has 1 aliphatic rings. The lowest BCUT2D eigenvalue weighted by Crippen LogP contribution is -2.30. The third-order valence-corrected chi connectivity index (χ3v) is 3.19. The average Bonchev–Trinajstić information content (AvgIpc) is 2.30. The minimum Gasteiger partial charge on any atom is -0.478 e. The van der Waals surface area contributed by atoms with Crippen molar-refractivity contribution >= 4 is 11.5 Å². The van der Waals surface area contributed by atoms with E-state index in [4.69, 9.17) is 0 Å². The number of rotatable bonds is 2. The minimum absolute atomic E-state index is 0.526. The molecule has 0 saturated carbocycles. The van der Waals surface area contributed by atoms with Gasteiger partial charge in [-0.25, -0.2) is 4.79 Å². The number of carboxylic acid groups (broad SMARTS) is 1. The normalized spacial score (nSPS) is 17.3. The molecule has 0 radical (unpaired) electrons. The molecule has 1 N–H and O–H groups in total. The van der Waals surface area contributed by atoms with Gasteiger partial charge in [0.25, 0.3) is 0 Å². The fourth-order valence-electron chi connectivity index (χ4n) is 2.17. The van der Waals surface area contributed by atoms with E-state index in [1.54, 1.807) is 0 Å². The molecule has 0 saturated heterocycles. The van der Waals surface area contributed by atoms with E-state index >= 15 is 0 Å². The van der Waals surface area contributed by atoms with Crippen molar-refractivity contribution in [2.24, 2.45) is 0 Å². The van der Waals surface area contributed by atoms with Crippen LogP contribution in [0.3, 0.4) is 0 Å². The molecule has 0 aromatic heterocycles. The molecule has 1 heterocycles. The Morgan fingerprint density at radius 1 is 1.29 bits per heavy atom. The first-order valence-electron chi connectivity index (χ1n) is 5.79. The molecule has 1 aromatic carbocycles. The Kier molecular flexibility index (Phi) is 3.29. The number of hydrogen-bond acceptors (Lipinski definition) is 2. The van der Waals surface area contributed by atoms with Crippen LogP contribution in [-0.2, 0) is 4.79 Å². The predicted octanol–water partition coefficient (Wildman–Crippen LogP) is 2.17. The molecule has 0 aliphatic carbocycles. The predicted molar refractivity (Wildman–Crippen MR) is 67.8 cm³/mol. The molecule has 2 rings (SSSR count). The zero-order valence-electron chi connectivity index (χ0n) is 10.2. The summed E-state index contributed by atoms with van der Waals surface area (Å²) in [5.74, 6) is -0.799. The summed E-state index contributed by atoms with van der Waals surface area (Å²) >= 11 is 0. The Morgan fingerprint density at radius 2 is 1.94 bits per heavy atom. The summed E-state index contributed by atoms with van der Waals surface area (Å²) in [5.41, 5.74) is 3.75. The highest BCUT2D eigenvalue weighted by atomic mass is 16.4. The molecule has 0 spiro atoms. The molecule has 0 fully saturated rings. The van der Waals surface area contributed by atoms with E-state index in [2.05, 4.69) is 0 Å². The standard InChI is InChI=1S/C14H17NO2/c1-10-3-5-11(6-4-10)12-7-8-15(2)9-13(12)14(16)17/h3-6H,7-9H2,1-2H3,(H,16,17). The first-order chi connectivity index (χ1) is 8.08. The smallest absolute Gasteiger partial charge is 0.333 e. The van der Waals surface area contributed by atoms with E-state index in [-0.39, 0.29) is 0 Å². The lowest BCUT2D eigenvalue weighted by atomic mass is 9.93. The van der Waals surface area contributed by atoms with Crippen LogP contribution < -0.4 is 0 Å². The first-order valence-corrected chi connectivity index (χ1v) is 5.79. The maximum atomic E-state index is 11.3. The molecule has 3 heteroatoms. The number of aryl methyl sites for hydroxylation is 1. The van der Waals surface area contributed by atoms with Crippen LogP contribution in [-0.4, -0.2) is 36.1 Å². The Labute approximate surface area is 101 Å². The summed E-state index contributed by atoms with van der Waals surface area (Å²) < 4.78 is 0. The number of carboxylic acids is 1. The molecule has 0 amide bonds. The summed E-state index contributed by atoms with van der Waals surface area (Å²) in [6.07, 6.45) is 0.807. The lowest BCUT2D eigenvalue weighted by molar-refractivity contribution is -0.132. The summed E-state index contributed by atoms with van der Waals surface area (Å²) in [4.78, 5) is 13.3. The quantitative estimate of drug-likeness (QED) is 0.848. The maximum absolute atomic E-state index is 11.3. The van der Waals surface area contributed by atoms with E-state index < -0.39 is 5.97 Å². The van der Waals surface area contributed by atoms with Gasteiger partial charge >= 0.3 is 5.97 Å². The van der Waals surface area contributed by atoms with Gasteiger partial charge in [-0.1, -0.05) is 29.8 Å². The number of likely N-dealkylation sites (N-methyl/N-ethyl adjacent to an activating group) is 1. The molecular formula is C14H17NO2. The van der Waals surface area contributed by atoms with Crippen molar-refractivity contribution in [2.75, 3.05) is 20.1 Å². The van der Waals surface area contributed by atoms with Gasteiger partial charge in [0.05, 0.1) is 5.57 Å². The van der Waals surface area contributed by atoms with Gasteiger partial charge in [-0.2, -0.15) is 0 Å². The van der Waals surface area contributed by atoms with E-state index in [9.17, 15) is 9.90 Å². The van der Waals surface area contributed by atoms with Gasteiger partial charge in [0, 0.05) is 13.1 Å². The number of aliphatic carboxylic acids is 1. The second kappa shape index (κ2) is 4.72. The lowest BCUT2D eigenvalue weighted by Gasteiger charge is -2.26. The maximum Gasteiger partial charge on any atom is 0.333 e. The van der Waals surface area contributed by atoms with Crippen LogP contribution in [0.15, 0.2) is 29.8 Å². The second-order valence-corrected chi connectivity index (χ2v) is 4.62. The number of hydrogen-bond donors (Lipinski definition) is 1. The molecule has 3 nitrogen and oxygen atoms in total. The van der Waals surface area contributed by atoms with Gasteiger partial charge in [-0.05, 0) is 31.5 Å². The first kappa shape index (κ1) is 11.9. The molecule has 1 aromatic rings. The largest absolute Gasteiger partial charge is 0.478 e. The molecule has 0 unspecified atom stereocenters. The van der Waals surface area contributed by atoms with E-state index in [0.717, 1.165) is 24.1 Å². The van der Waals surface area contributed by atoms with Crippen molar-refractivity contribution in [3.63, 3.8) is 0 Å². The third kappa shape index (κ3) is 2.56. The fourth-order valence-corrected chi connectivity index (χ4v) is 2.17. The van der Waals surface area contributed by atoms with Crippen molar-refractivity contribution in [2.45, 2.75) is 13.3 Å². The van der Waals surface area contributed by atoms with Crippen molar-refractivity contribution in [3.05, 3.63) is 41.0 Å². The summed E-state index contributed by atoms with van der Waals surface area (Å²) in [6.45, 7) is 3.48. The van der Waals surface area contributed by atoms with Gasteiger partial charge in [0.2, 0.25) is 0 Å². The summed E-state index contributed by atoms with van der Waals surface area (Å²) in [7, 11) is 1.95. The Bertz CT molecular complexity index is 460. The molecule has 90 valence electrons. The number of nitrogens with zero attached hydrogens (tertiary/aromatic N) is 1. The molecular weight excluding hydrogens is 214 g/mol. The van der Waals surface area contributed by atoms with Crippen LogP contribution in [0.2, 0.25) is 0 Å². The highest BCUT2D eigenvalue weighted by Gasteiger charge is 2.22. The van der Waals surface area contributed by atoms with Crippen LogP contribution in [0.5, 0.6) is 0 Å². The van der Waals surface area contributed by atoms with Crippen LogP contribution in [0.1, 0.15) is 17.5 Å². The van der Waals surface area contributed by atoms with Crippen LogP contribution >= 0.6 is 0 Å². The zero-order chi connectivity index (χ0) is 12.4. The number of benzene rings is 1. The van der Waals surface area contributed by atoms with Crippen molar-refractivity contribution < 1.29 is 9.90 Å². The van der Waals surface area contributed by atoms with E-state index in [1.807, 2.05) is 43.1 Å². The Balaban J connectivity index is 2.43. The van der Waals surface area contributed by atoms with E-state index in [1.165, 1.54) is 5.56 Å². The molecule has 0 atom stereocenters. The average molecular weight is 231 g/mol. The highest BCUT2D eigenvalue weighted by Crippen LogP contribution is 2.27. The monoisotopic (exact) mass is 231 g/mol. The summed E-state index contributed by atoms with van der Waals surface area (Å²) in [5, 5.41) is 9.26. The third-order valence-electron chi connectivity index (χ3n) is 3.19. The Hall–Kier alpha value is -1.61. The second-order valence-electron chi connectivity index (χ2n) is 4.62. The topological polar surface area (TPSA) is 40.5 Å². The molecule has 1 aliphatic heterocycles. The van der Waals surface area contributed by atoms with Gasteiger partial charge in [0.1, 0.15) is 0 Å². The fraction of sp³-hybridized carbons (Fsp3) is 0.357. The van der Waals surface area contributed by atoms with Crippen molar-refractivity contribution in [3.8, 4) is 0 Å². The van der Waals surface area contributed by atoms with Crippen LogP contribution in [0, 0.1) is 6.92 Å². The highest BCUT2D eigenvalue weighted by molar-refractivity contribution is 5.97. The van der Waals surface area contributed by atoms with Gasteiger partial charge in [0.15, 0.2) is 0 Å². The zero-order valence-corrected chi connectivity index (χ0v) is 10.2. The number of carbonyl (C=O) groups is 1. The van der Waals surface area contributed by atoms with E-state index in [0.29, 0.717) is 12.1 Å². The van der Waals surface area contributed by atoms with Crippen LogP contribution in [0.4, 0.5) is 0 Å². The summed E-state index contributed by atoms with van der Waals surface area (Å²) in [6, 6.07) is 8.08. The van der Waals surface area contributed by atoms with Crippen molar-refractivity contribution in [1.29, 1.82) is 0 Å². The minimum atomic E-state index is -0.799. The SMILES string of the molecule is Cc1ccc(C2=C(C(=O)O)CN(C)CC2)cc1. The van der Waals surface area contributed by atoms with Gasteiger partial charge < -0.3 is 10.0 Å².